The summed E-state index contributed by atoms with van der Waals surface area (Å²) in [6, 6.07) is 4.53. The molecule has 10 heteroatoms. The van der Waals surface area contributed by atoms with Gasteiger partial charge < -0.3 is 14.7 Å². The van der Waals surface area contributed by atoms with E-state index in [9.17, 15) is 13.2 Å². The maximum absolute atomic E-state index is 13.4. The molecule has 2 aromatic heterocycles. The maximum atomic E-state index is 13.4. The van der Waals surface area contributed by atoms with Crippen LogP contribution in [0.1, 0.15) is 68.6 Å². The third-order valence-corrected chi connectivity index (χ3v) is 8.25. The molecule has 1 N–H and O–H groups in total. The highest BCUT2D eigenvalue weighted by Gasteiger charge is 2.36. The summed E-state index contributed by atoms with van der Waals surface area (Å²) in [4.78, 5) is 19.1. The summed E-state index contributed by atoms with van der Waals surface area (Å²) >= 11 is 0. The Morgan fingerprint density at radius 2 is 2.06 bits per heavy atom. The van der Waals surface area contributed by atoms with Crippen LogP contribution >= 0.6 is 0 Å². The van der Waals surface area contributed by atoms with Crippen LogP contribution < -0.4 is 10.2 Å². The lowest BCUT2D eigenvalue weighted by atomic mass is 10.0. The molecule has 1 saturated heterocycles. The van der Waals surface area contributed by atoms with Gasteiger partial charge in [0.25, 0.3) is 5.91 Å². The van der Waals surface area contributed by atoms with Gasteiger partial charge >= 0.3 is 0 Å². The molecule has 0 radical (unpaired) electrons. The van der Waals surface area contributed by atoms with E-state index < -0.39 is 10.0 Å². The number of nitrogens with zero attached hydrogens (tertiary/aromatic N) is 4. The number of carbonyl (C=O) groups is 1. The third kappa shape index (κ3) is 5.38. The summed E-state index contributed by atoms with van der Waals surface area (Å²) in [6.45, 7) is 7.21. The van der Waals surface area contributed by atoms with Gasteiger partial charge in [-0.15, -0.1) is 0 Å². The van der Waals surface area contributed by atoms with Crippen molar-refractivity contribution >= 4 is 21.7 Å². The molecule has 2 aliphatic rings. The average Bonchev–Trinajstić information content (AvgIpc) is 3.49. The molecule has 1 aliphatic heterocycles. The van der Waals surface area contributed by atoms with E-state index >= 15 is 0 Å². The summed E-state index contributed by atoms with van der Waals surface area (Å²) in [7, 11) is -1.76. The van der Waals surface area contributed by atoms with Gasteiger partial charge in [-0.05, 0) is 44.6 Å². The number of aromatic nitrogens is 2. The Morgan fingerprint density at radius 1 is 1.30 bits per heavy atom. The summed E-state index contributed by atoms with van der Waals surface area (Å²) in [6.07, 6.45) is 4.77. The summed E-state index contributed by atoms with van der Waals surface area (Å²) in [5.74, 6) is 1.96. The Morgan fingerprint density at radius 3 is 2.73 bits per heavy atom. The van der Waals surface area contributed by atoms with Crippen molar-refractivity contribution in [2.75, 3.05) is 25.0 Å². The second-order valence-electron chi connectivity index (χ2n) is 9.67. The first kappa shape index (κ1) is 23.7. The minimum absolute atomic E-state index is 0.120. The molecule has 0 bridgehead atoms. The Kier molecular flexibility index (Phi) is 6.76. The molecule has 2 aromatic rings. The average molecular weight is 476 g/mol. The van der Waals surface area contributed by atoms with Crippen molar-refractivity contribution in [1.82, 2.24) is 19.8 Å². The number of rotatable bonds is 8. The minimum Gasteiger partial charge on any atom is -0.360 e. The van der Waals surface area contributed by atoms with Gasteiger partial charge in [0, 0.05) is 56.5 Å². The van der Waals surface area contributed by atoms with Crippen molar-refractivity contribution in [3.8, 4) is 0 Å². The van der Waals surface area contributed by atoms with E-state index in [4.69, 9.17) is 4.52 Å². The van der Waals surface area contributed by atoms with Gasteiger partial charge in [-0.3, -0.25) is 4.79 Å². The minimum atomic E-state index is -3.67. The van der Waals surface area contributed by atoms with E-state index in [1.54, 1.807) is 24.4 Å². The number of carbonyl (C=O) groups excluding carboxylic acids is 1. The van der Waals surface area contributed by atoms with Crippen molar-refractivity contribution in [2.24, 2.45) is 5.92 Å². The SMILES string of the molecule is CC(C)CN(C)c1cc(S(=O)(=O)N2CC[C@H](NC(=O)c3cc(C4CC4)on3)C[C@@H]2C)ccn1. The van der Waals surface area contributed by atoms with Gasteiger partial charge in [-0.25, -0.2) is 13.4 Å². The first-order valence-electron chi connectivity index (χ1n) is 11.6. The molecule has 180 valence electrons. The van der Waals surface area contributed by atoms with Crippen LogP contribution in [-0.4, -0.2) is 61.0 Å². The van der Waals surface area contributed by atoms with Crippen LogP contribution in [-0.2, 0) is 10.0 Å². The van der Waals surface area contributed by atoms with E-state index in [-0.39, 0.29) is 28.6 Å². The highest BCUT2D eigenvalue weighted by atomic mass is 32.2. The smallest absolute Gasteiger partial charge is 0.273 e. The third-order valence-electron chi connectivity index (χ3n) is 6.24. The lowest BCUT2D eigenvalue weighted by Gasteiger charge is -2.37. The molecular formula is C23H33N5O4S. The molecule has 1 amide bonds. The van der Waals surface area contributed by atoms with Gasteiger partial charge in [-0.2, -0.15) is 4.31 Å². The van der Waals surface area contributed by atoms with Crippen molar-refractivity contribution < 1.29 is 17.7 Å². The molecule has 9 nitrogen and oxygen atoms in total. The Hall–Kier alpha value is -2.46. The topological polar surface area (TPSA) is 109 Å². The quantitative estimate of drug-likeness (QED) is 0.625. The zero-order chi connectivity index (χ0) is 23.8. The van der Waals surface area contributed by atoms with Crippen LogP contribution in [0.2, 0.25) is 0 Å². The number of nitrogens with one attached hydrogen (secondary N) is 1. The molecule has 0 spiro atoms. The van der Waals surface area contributed by atoms with Gasteiger partial charge in [0.2, 0.25) is 10.0 Å². The van der Waals surface area contributed by atoms with Crippen LogP contribution in [0.25, 0.3) is 0 Å². The lowest BCUT2D eigenvalue weighted by Crippen LogP contribution is -2.50. The van der Waals surface area contributed by atoms with E-state index in [0.717, 1.165) is 25.1 Å². The summed E-state index contributed by atoms with van der Waals surface area (Å²) < 4.78 is 33.6. The van der Waals surface area contributed by atoms with Crippen LogP contribution in [0.3, 0.4) is 0 Å². The first-order chi connectivity index (χ1) is 15.6. The molecule has 2 atom stereocenters. The monoisotopic (exact) mass is 475 g/mol. The van der Waals surface area contributed by atoms with Crippen molar-refractivity contribution in [2.45, 2.75) is 69.4 Å². The Bertz CT molecular complexity index is 1100. The maximum Gasteiger partial charge on any atom is 0.273 e. The van der Waals surface area contributed by atoms with E-state index in [1.807, 2.05) is 18.9 Å². The van der Waals surface area contributed by atoms with Crippen molar-refractivity contribution in [3.05, 3.63) is 35.9 Å². The fourth-order valence-electron chi connectivity index (χ4n) is 4.40. The lowest BCUT2D eigenvalue weighted by molar-refractivity contribution is 0.0905. The molecule has 0 aromatic carbocycles. The normalized spacial score (nSPS) is 21.8. The highest BCUT2D eigenvalue weighted by Crippen LogP contribution is 2.40. The summed E-state index contributed by atoms with van der Waals surface area (Å²) in [5, 5.41) is 6.89. The molecular weight excluding hydrogens is 442 g/mol. The molecule has 1 aliphatic carbocycles. The van der Waals surface area contributed by atoms with Gasteiger partial charge in [0.05, 0.1) is 4.90 Å². The first-order valence-corrected chi connectivity index (χ1v) is 13.1. The molecule has 2 fully saturated rings. The molecule has 0 unspecified atom stereocenters. The number of anilines is 1. The summed E-state index contributed by atoms with van der Waals surface area (Å²) in [5.41, 5.74) is 0.287. The molecule has 1 saturated carbocycles. The fraction of sp³-hybridized carbons (Fsp3) is 0.609. The Balaban J connectivity index is 1.40. The standard InChI is InChI=1S/C23H33N5O4S/c1-15(2)14-27(4)22-12-19(7-9-24-22)33(30,31)28-10-8-18(11-16(28)3)25-23(29)20-13-21(32-26-20)17-5-6-17/h7,9,12-13,15-18H,5-6,8,10-11,14H2,1-4H3,(H,25,29)/t16-,18-/m0/s1. The molecule has 3 heterocycles. The van der Waals surface area contributed by atoms with E-state index in [0.29, 0.717) is 37.0 Å². The second kappa shape index (κ2) is 9.42. The molecule has 33 heavy (non-hydrogen) atoms. The number of piperidine rings is 1. The van der Waals surface area contributed by atoms with Crippen molar-refractivity contribution in [3.63, 3.8) is 0 Å². The zero-order valence-electron chi connectivity index (χ0n) is 19.7. The van der Waals surface area contributed by atoms with Gasteiger partial charge in [0.15, 0.2) is 5.69 Å². The van der Waals surface area contributed by atoms with Crippen LogP contribution in [0.4, 0.5) is 5.82 Å². The Labute approximate surface area is 195 Å². The molecule has 4 rings (SSSR count). The predicted molar refractivity (Wildman–Crippen MR) is 125 cm³/mol. The highest BCUT2D eigenvalue weighted by molar-refractivity contribution is 7.89. The number of amides is 1. The fourth-order valence-corrected chi connectivity index (χ4v) is 6.06. The van der Waals surface area contributed by atoms with Gasteiger partial charge in [0.1, 0.15) is 11.6 Å². The van der Waals surface area contributed by atoms with Crippen LogP contribution in [0.15, 0.2) is 33.8 Å². The number of pyridine rings is 1. The zero-order valence-corrected chi connectivity index (χ0v) is 20.5. The van der Waals surface area contributed by atoms with E-state index in [2.05, 4.69) is 29.3 Å². The van der Waals surface area contributed by atoms with Crippen molar-refractivity contribution in [1.29, 1.82) is 0 Å². The number of hydrogen-bond acceptors (Lipinski definition) is 7. The van der Waals surface area contributed by atoms with E-state index in [1.165, 1.54) is 4.31 Å². The predicted octanol–water partition coefficient (Wildman–Crippen LogP) is 3.01. The van der Waals surface area contributed by atoms with Crippen LogP contribution in [0.5, 0.6) is 0 Å². The number of sulfonamides is 1. The number of hydrogen-bond donors (Lipinski definition) is 1. The van der Waals surface area contributed by atoms with Crippen LogP contribution in [0, 0.1) is 5.92 Å². The largest absolute Gasteiger partial charge is 0.360 e. The second-order valence-corrected chi connectivity index (χ2v) is 11.6. The van der Waals surface area contributed by atoms with Gasteiger partial charge in [-0.1, -0.05) is 19.0 Å².